The molecule has 1 unspecified atom stereocenters. The molecule has 22 heavy (non-hydrogen) atoms. The third kappa shape index (κ3) is 3.70. The van der Waals surface area contributed by atoms with Crippen LogP contribution in [0.15, 0.2) is 11.0 Å². The van der Waals surface area contributed by atoms with Crippen LogP contribution >= 0.6 is 7.82 Å². The molecule has 0 radical (unpaired) electrons. The van der Waals surface area contributed by atoms with Crippen molar-refractivity contribution in [2.75, 3.05) is 12.3 Å². The third-order valence-corrected chi connectivity index (χ3v) is 3.72. The highest BCUT2D eigenvalue weighted by atomic mass is 31.2. The van der Waals surface area contributed by atoms with Crippen LogP contribution in [0.2, 0.25) is 0 Å². The molecule has 6 N–H and O–H groups in total. The van der Waals surface area contributed by atoms with Crippen LogP contribution in [0.1, 0.15) is 18.2 Å². The number of nitrogens with two attached hydrogens (primary N) is 1. The van der Waals surface area contributed by atoms with Crippen LogP contribution in [0.25, 0.3) is 0 Å². The van der Waals surface area contributed by atoms with E-state index in [4.69, 9.17) is 25.4 Å². The number of nitrogens with zero attached hydrogens (tertiary/aromatic N) is 2. The molecule has 0 amide bonds. The lowest BCUT2D eigenvalue weighted by Crippen LogP contribution is -2.29. The number of nitrogen functional groups attached to an aromatic ring is 1. The predicted octanol–water partition coefficient (Wildman–Crippen LogP) is -1.92. The lowest BCUT2D eigenvalue weighted by atomic mass is 10.2. The molecule has 3 atom stereocenters. The summed E-state index contributed by atoms with van der Waals surface area (Å²) in [7, 11) is -4.77. The standard InChI is InChI=1S/C10H16N3O8P/c11-9-5(3-14)2-13(10(16)12-9)8-1-6(7(4-15)20-8)21-22(17,18)19/h2,6-8,14-15H,1,3-4H2,(H2,11,12,16)(H2,17,18,19)/t6-,7?,8-/m1/s1. The Hall–Kier alpha value is -1.33. The topological polar surface area (TPSA) is 177 Å². The molecule has 1 aromatic heterocycles. The fraction of sp³-hybridized carbons (Fsp3) is 0.600. The van der Waals surface area contributed by atoms with Crippen molar-refractivity contribution < 1.29 is 33.8 Å². The maximum absolute atomic E-state index is 11.8. The van der Waals surface area contributed by atoms with Crippen molar-refractivity contribution in [3.8, 4) is 0 Å². The fourth-order valence-corrected chi connectivity index (χ4v) is 2.75. The number of aliphatic hydroxyl groups is 2. The summed E-state index contributed by atoms with van der Waals surface area (Å²) in [6, 6.07) is 0. The molecule has 1 saturated heterocycles. The number of aromatic nitrogens is 2. The Balaban J connectivity index is 2.28. The Morgan fingerprint density at radius 2 is 2.18 bits per heavy atom. The average Bonchev–Trinajstić information content (AvgIpc) is 2.79. The van der Waals surface area contributed by atoms with Gasteiger partial charge in [-0.25, -0.2) is 9.36 Å². The molecule has 0 saturated carbocycles. The molecule has 0 aliphatic carbocycles. The van der Waals surface area contributed by atoms with Gasteiger partial charge >= 0.3 is 13.5 Å². The van der Waals surface area contributed by atoms with Crippen LogP contribution in [0.5, 0.6) is 0 Å². The number of aliphatic hydroxyl groups excluding tert-OH is 2. The van der Waals surface area contributed by atoms with Gasteiger partial charge in [0.05, 0.1) is 13.2 Å². The Kier molecular flexibility index (Phi) is 4.97. The van der Waals surface area contributed by atoms with Gasteiger partial charge < -0.3 is 30.5 Å². The quantitative estimate of drug-likeness (QED) is 0.380. The molecule has 2 heterocycles. The number of anilines is 1. The van der Waals surface area contributed by atoms with E-state index in [1.54, 1.807) is 0 Å². The first kappa shape index (κ1) is 17.0. The minimum absolute atomic E-state index is 0.0906. The van der Waals surface area contributed by atoms with Gasteiger partial charge in [-0.1, -0.05) is 0 Å². The molecule has 1 aliphatic rings. The van der Waals surface area contributed by atoms with Gasteiger partial charge in [-0.3, -0.25) is 9.09 Å². The van der Waals surface area contributed by atoms with Gasteiger partial charge in [-0.15, -0.1) is 0 Å². The lowest BCUT2D eigenvalue weighted by Gasteiger charge is -2.16. The maximum atomic E-state index is 11.8. The predicted molar refractivity (Wildman–Crippen MR) is 71.4 cm³/mol. The zero-order valence-corrected chi connectivity index (χ0v) is 12.2. The van der Waals surface area contributed by atoms with Crippen molar-refractivity contribution >= 4 is 13.6 Å². The minimum Gasteiger partial charge on any atom is -0.394 e. The second-order valence-corrected chi connectivity index (χ2v) is 5.87. The number of rotatable bonds is 5. The van der Waals surface area contributed by atoms with E-state index in [-0.39, 0.29) is 17.8 Å². The van der Waals surface area contributed by atoms with Crippen LogP contribution in [-0.2, 0) is 20.4 Å². The summed E-state index contributed by atoms with van der Waals surface area (Å²) in [5.41, 5.74) is 4.91. The molecule has 1 aliphatic heterocycles. The van der Waals surface area contributed by atoms with Gasteiger partial charge in [-0.2, -0.15) is 4.98 Å². The summed E-state index contributed by atoms with van der Waals surface area (Å²) in [5.74, 6) is -0.122. The highest BCUT2D eigenvalue weighted by Crippen LogP contribution is 2.43. The van der Waals surface area contributed by atoms with E-state index in [0.717, 1.165) is 4.57 Å². The zero-order chi connectivity index (χ0) is 16.5. The first-order chi connectivity index (χ1) is 10.2. The third-order valence-electron chi connectivity index (χ3n) is 3.17. The maximum Gasteiger partial charge on any atom is 0.469 e. The molecule has 1 aromatic rings. The molecular formula is C10H16N3O8P. The van der Waals surface area contributed by atoms with Gasteiger partial charge in [-0.05, 0) is 0 Å². The van der Waals surface area contributed by atoms with Crippen LogP contribution in [-0.4, -0.2) is 48.4 Å². The van der Waals surface area contributed by atoms with E-state index in [9.17, 15) is 14.5 Å². The van der Waals surface area contributed by atoms with Gasteiger partial charge in [0.2, 0.25) is 0 Å². The largest absolute Gasteiger partial charge is 0.469 e. The number of phosphoric acid groups is 1. The van der Waals surface area contributed by atoms with E-state index in [1.807, 2.05) is 0 Å². The average molecular weight is 337 g/mol. The van der Waals surface area contributed by atoms with Crippen molar-refractivity contribution in [3.05, 3.63) is 22.2 Å². The fourth-order valence-electron chi connectivity index (χ4n) is 2.17. The summed E-state index contributed by atoms with van der Waals surface area (Å²) in [6.45, 7) is -0.997. The number of hydrogen-bond donors (Lipinski definition) is 5. The zero-order valence-electron chi connectivity index (χ0n) is 11.3. The smallest absolute Gasteiger partial charge is 0.394 e. The van der Waals surface area contributed by atoms with Crippen LogP contribution in [0, 0.1) is 0 Å². The number of ether oxygens (including phenoxy) is 1. The second kappa shape index (κ2) is 6.42. The number of phosphoric ester groups is 1. The van der Waals surface area contributed by atoms with Crippen molar-refractivity contribution in [3.63, 3.8) is 0 Å². The summed E-state index contributed by atoms with van der Waals surface area (Å²) >= 11 is 0. The SMILES string of the molecule is Nc1nc(=O)n([C@H]2C[C@@H](OP(=O)(O)O)C(CO)O2)cc1CO. The highest BCUT2D eigenvalue weighted by Gasteiger charge is 2.40. The van der Waals surface area contributed by atoms with Crippen LogP contribution < -0.4 is 11.4 Å². The minimum atomic E-state index is -4.77. The summed E-state index contributed by atoms with van der Waals surface area (Å²) in [4.78, 5) is 33.0. The van der Waals surface area contributed by atoms with E-state index < -0.39 is 45.2 Å². The lowest BCUT2D eigenvalue weighted by molar-refractivity contribution is -0.0453. The van der Waals surface area contributed by atoms with Crippen molar-refractivity contribution in [1.82, 2.24) is 9.55 Å². The van der Waals surface area contributed by atoms with Crippen LogP contribution in [0.4, 0.5) is 5.82 Å². The van der Waals surface area contributed by atoms with Crippen molar-refractivity contribution in [1.29, 1.82) is 0 Å². The molecule has 11 nitrogen and oxygen atoms in total. The van der Waals surface area contributed by atoms with Gasteiger partial charge in [0, 0.05) is 18.2 Å². The molecule has 12 heteroatoms. The summed E-state index contributed by atoms with van der Waals surface area (Å²) < 4.78 is 21.8. The Labute approximate surface area is 124 Å². The van der Waals surface area contributed by atoms with Gasteiger partial charge in [0.1, 0.15) is 24.3 Å². The second-order valence-electron chi connectivity index (χ2n) is 4.68. The molecule has 0 aromatic carbocycles. The molecule has 1 fully saturated rings. The van der Waals surface area contributed by atoms with E-state index in [0.29, 0.717) is 0 Å². The van der Waals surface area contributed by atoms with Crippen molar-refractivity contribution in [2.24, 2.45) is 0 Å². The molecular weight excluding hydrogens is 321 g/mol. The molecule has 124 valence electrons. The van der Waals surface area contributed by atoms with Gasteiger partial charge in [0.25, 0.3) is 0 Å². The summed E-state index contributed by atoms with van der Waals surface area (Å²) in [5, 5.41) is 18.3. The van der Waals surface area contributed by atoms with Gasteiger partial charge in [0.15, 0.2) is 0 Å². The van der Waals surface area contributed by atoms with E-state index in [2.05, 4.69) is 9.51 Å². The first-order valence-corrected chi connectivity index (χ1v) is 7.77. The Morgan fingerprint density at radius 1 is 1.50 bits per heavy atom. The van der Waals surface area contributed by atoms with E-state index in [1.165, 1.54) is 6.20 Å². The van der Waals surface area contributed by atoms with Crippen molar-refractivity contribution in [2.45, 2.75) is 31.5 Å². The number of hydrogen-bond acceptors (Lipinski definition) is 8. The van der Waals surface area contributed by atoms with Crippen LogP contribution in [0.3, 0.4) is 0 Å². The Bertz CT molecular complexity index is 644. The molecule has 0 bridgehead atoms. The highest BCUT2D eigenvalue weighted by molar-refractivity contribution is 7.46. The monoisotopic (exact) mass is 337 g/mol. The summed E-state index contributed by atoms with van der Waals surface area (Å²) in [6.07, 6.45) is -1.92. The Morgan fingerprint density at radius 3 is 2.73 bits per heavy atom. The first-order valence-electron chi connectivity index (χ1n) is 6.24. The molecule has 0 spiro atoms. The normalized spacial score (nSPS) is 25.5. The molecule has 2 rings (SSSR count). The van der Waals surface area contributed by atoms with E-state index >= 15 is 0 Å².